The first-order chi connectivity index (χ1) is 16.5. The number of morpholine rings is 1. The maximum Gasteiger partial charge on any atom is 0.281 e. The Morgan fingerprint density at radius 3 is 2.53 bits per heavy atom. The molecule has 2 heterocycles. The Labute approximate surface area is 201 Å². The fraction of sp³-hybridized carbons (Fsp3) is 0.292. The van der Waals surface area contributed by atoms with Crippen molar-refractivity contribution in [1.29, 1.82) is 0 Å². The van der Waals surface area contributed by atoms with Gasteiger partial charge in [0.2, 0.25) is 0 Å². The highest BCUT2D eigenvalue weighted by Crippen LogP contribution is 2.29. The van der Waals surface area contributed by atoms with E-state index >= 15 is 0 Å². The molecule has 1 fully saturated rings. The minimum atomic E-state index is -0.475. The van der Waals surface area contributed by atoms with E-state index in [9.17, 15) is 9.59 Å². The topological polar surface area (TPSA) is 102 Å². The molecule has 0 unspecified atom stereocenters. The van der Waals surface area contributed by atoms with Crippen LogP contribution in [0.3, 0.4) is 0 Å². The van der Waals surface area contributed by atoms with E-state index in [1.165, 1.54) is 18.4 Å². The summed E-state index contributed by atoms with van der Waals surface area (Å²) in [5.41, 5.74) is 6.87. The van der Waals surface area contributed by atoms with Crippen molar-refractivity contribution in [1.82, 2.24) is 15.8 Å². The molecule has 2 N–H and O–H groups in total. The molecule has 178 valence electrons. The second kappa shape index (κ2) is 11.0. The molecule has 0 atom stereocenters. The van der Waals surface area contributed by atoms with Gasteiger partial charge in [0.25, 0.3) is 11.8 Å². The zero-order valence-corrected chi connectivity index (χ0v) is 19.8. The predicted molar refractivity (Wildman–Crippen MR) is 129 cm³/mol. The number of rotatable bonds is 7. The fourth-order valence-corrected chi connectivity index (χ4v) is 4.40. The lowest BCUT2D eigenvalue weighted by atomic mass is 10.2. The molecule has 0 spiro atoms. The van der Waals surface area contributed by atoms with Crippen molar-refractivity contribution in [2.45, 2.75) is 13.5 Å². The Kier molecular flexibility index (Phi) is 7.61. The summed E-state index contributed by atoms with van der Waals surface area (Å²) in [6.07, 6.45) is 0. The van der Waals surface area contributed by atoms with Crippen LogP contribution >= 0.6 is 11.3 Å². The molecule has 0 bridgehead atoms. The first kappa shape index (κ1) is 23.5. The average molecular weight is 483 g/mol. The van der Waals surface area contributed by atoms with Gasteiger partial charge in [0.15, 0.2) is 16.6 Å². The number of amides is 2. The summed E-state index contributed by atoms with van der Waals surface area (Å²) in [7, 11) is 1.51. The number of methoxy groups -OCH3 is 1. The molecular weight excluding hydrogens is 456 g/mol. The van der Waals surface area contributed by atoms with Crippen LogP contribution in [-0.4, -0.2) is 50.2 Å². The Morgan fingerprint density at radius 2 is 1.79 bits per heavy atom. The molecule has 1 aliphatic heterocycles. The van der Waals surface area contributed by atoms with Crippen LogP contribution < -0.4 is 25.2 Å². The number of nitrogens with one attached hydrogen (secondary N) is 2. The molecule has 10 heteroatoms. The molecule has 0 radical (unpaired) electrons. The van der Waals surface area contributed by atoms with Crippen LogP contribution in [0.25, 0.3) is 0 Å². The summed E-state index contributed by atoms with van der Waals surface area (Å²) in [6.45, 7) is 4.89. The summed E-state index contributed by atoms with van der Waals surface area (Å²) in [6, 6.07) is 14.6. The van der Waals surface area contributed by atoms with Crippen molar-refractivity contribution in [2.24, 2.45) is 0 Å². The highest BCUT2D eigenvalue weighted by Gasteiger charge is 2.21. The third-order valence-electron chi connectivity index (χ3n) is 5.23. The number of nitrogens with zero attached hydrogens (tertiary/aromatic N) is 2. The monoisotopic (exact) mass is 482 g/mol. The van der Waals surface area contributed by atoms with Gasteiger partial charge in [-0.2, -0.15) is 0 Å². The highest BCUT2D eigenvalue weighted by molar-refractivity contribution is 7.17. The van der Waals surface area contributed by atoms with Gasteiger partial charge < -0.3 is 19.1 Å². The van der Waals surface area contributed by atoms with Crippen LogP contribution in [0.2, 0.25) is 0 Å². The summed E-state index contributed by atoms with van der Waals surface area (Å²) < 4.78 is 16.6. The number of anilines is 1. The Morgan fingerprint density at radius 1 is 1.06 bits per heavy atom. The van der Waals surface area contributed by atoms with Crippen molar-refractivity contribution in [3.05, 3.63) is 70.2 Å². The molecule has 2 aromatic carbocycles. The Hall–Kier alpha value is -3.63. The lowest BCUT2D eigenvalue weighted by Crippen LogP contribution is -2.41. The van der Waals surface area contributed by atoms with Crippen molar-refractivity contribution < 1.29 is 23.8 Å². The van der Waals surface area contributed by atoms with Gasteiger partial charge in [-0.3, -0.25) is 20.4 Å². The van der Waals surface area contributed by atoms with Crippen LogP contribution in [-0.2, 0) is 11.3 Å². The number of hydrogen-bond donors (Lipinski definition) is 2. The number of hydrogen-bond acceptors (Lipinski definition) is 8. The van der Waals surface area contributed by atoms with Crippen LogP contribution in [0, 0.1) is 6.92 Å². The van der Waals surface area contributed by atoms with Gasteiger partial charge in [0.05, 0.1) is 26.0 Å². The quantitative estimate of drug-likeness (QED) is 0.499. The SMILES string of the molecule is COc1cc(C(=O)NNC(=O)c2sc(N3CCOCC3)nc2C)ccc1OCc1ccccc1. The molecule has 0 saturated carbocycles. The Balaban J connectivity index is 1.36. The zero-order valence-electron chi connectivity index (χ0n) is 19.0. The van der Waals surface area contributed by atoms with Crippen molar-refractivity contribution in [3.63, 3.8) is 0 Å². The molecule has 1 saturated heterocycles. The molecule has 0 aliphatic carbocycles. The number of carbonyl (C=O) groups is 2. The molecule has 9 nitrogen and oxygen atoms in total. The van der Waals surface area contributed by atoms with E-state index in [4.69, 9.17) is 14.2 Å². The van der Waals surface area contributed by atoms with E-state index < -0.39 is 11.8 Å². The third kappa shape index (κ3) is 5.64. The number of carbonyl (C=O) groups excluding carboxylic acids is 2. The van der Waals surface area contributed by atoms with Crippen molar-refractivity contribution in [2.75, 3.05) is 38.3 Å². The number of aryl methyl sites for hydroxylation is 1. The molecule has 34 heavy (non-hydrogen) atoms. The van der Waals surface area contributed by atoms with Gasteiger partial charge in [-0.25, -0.2) is 4.98 Å². The van der Waals surface area contributed by atoms with E-state index in [0.29, 0.717) is 47.5 Å². The molecule has 4 rings (SSSR count). The lowest BCUT2D eigenvalue weighted by Gasteiger charge is -2.25. The minimum absolute atomic E-state index is 0.319. The first-order valence-electron chi connectivity index (χ1n) is 10.8. The lowest BCUT2D eigenvalue weighted by molar-refractivity contribution is 0.0848. The van der Waals surface area contributed by atoms with Gasteiger partial charge >= 0.3 is 0 Å². The largest absolute Gasteiger partial charge is 0.493 e. The molecule has 1 aromatic heterocycles. The fourth-order valence-electron chi connectivity index (χ4n) is 3.39. The average Bonchev–Trinajstić information content (AvgIpc) is 3.28. The normalized spacial score (nSPS) is 13.3. The van der Waals surface area contributed by atoms with E-state index in [1.54, 1.807) is 25.1 Å². The summed E-state index contributed by atoms with van der Waals surface area (Å²) in [5, 5.41) is 0.771. The minimum Gasteiger partial charge on any atom is -0.493 e. The number of benzene rings is 2. The van der Waals surface area contributed by atoms with Gasteiger partial charge in [-0.1, -0.05) is 41.7 Å². The van der Waals surface area contributed by atoms with Crippen molar-refractivity contribution in [3.8, 4) is 11.5 Å². The van der Waals surface area contributed by atoms with E-state index in [2.05, 4.69) is 20.7 Å². The first-order valence-corrected chi connectivity index (χ1v) is 11.6. The third-order valence-corrected chi connectivity index (χ3v) is 6.44. The van der Waals surface area contributed by atoms with E-state index in [-0.39, 0.29) is 0 Å². The zero-order chi connectivity index (χ0) is 23.9. The van der Waals surface area contributed by atoms with Crippen LogP contribution in [0.4, 0.5) is 5.13 Å². The summed E-state index contributed by atoms with van der Waals surface area (Å²) in [5.74, 6) is 0.0423. The maximum absolute atomic E-state index is 12.7. The number of ether oxygens (including phenoxy) is 3. The van der Waals surface area contributed by atoms with E-state index in [0.717, 1.165) is 23.8 Å². The molecule has 3 aromatic rings. The number of aromatic nitrogens is 1. The second-order valence-electron chi connectivity index (χ2n) is 7.56. The van der Waals surface area contributed by atoms with Crippen LogP contribution in [0.5, 0.6) is 11.5 Å². The van der Waals surface area contributed by atoms with Gasteiger partial charge in [0.1, 0.15) is 11.5 Å². The van der Waals surface area contributed by atoms with Crippen molar-refractivity contribution >= 4 is 28.3 Å². The molecular formula is C24H26N4O5S. The van der Waals surface area contributed by atoms with Gasteiger partial charge in [-0.05, 0) is 30.7 Å². The van der Waals surface area contributed by atoms with Crippen LogP contribution in [0.1, 0.15) is 31.3 Å². The second-order valence-corrected chi connectivity index (χ2v) is 8.54. The predicted octanol–water partition coefficient (Wildman–Crippen LogP) is 2.95. The standard InChI is InChI=1S/C24H26N4O5S/c1-16-21(34-24(25-16)28-10-12-32-13-11-28)23(30)27-26-22(29)18-8-9-19(20(14-18)31-2)33-15-17-6-4-3-5-7-17/h3-9,14H,10-13,15H2,1-2H3,(H,26,29)(H,27,30). The van der Waals surface area contributed by atoms with Crippen LogP contribution in [0.15, 0.2) is 48.5 Å². The van der Waals surface area contributed by atoms with E-state index in [1.807, 2.05) is 30.3 Å². The Bertz CT molecular complexity index is 1150. The summed E-state index contributed by atoms with van der Waals surface area (Å²) >= 11 is 1.29. The smallest absolute Gasteiger partial charge is 0.281 e. The summed E-state index contributed by atoms with van der Waals surface area (Å²) in [4.78, 5) is 32.3. The van der Waals surface area contributed by atoms with Gasteiger partial charge in [0, 0.05) is 18.7 Å². The van der Waals surface area contributed by atoms with Gasteiger partial charge in [-0.15, -0.1) is 0 Å². The molecule has 1 aliphatic rings. The maximum atomic E-state index is 12.7. The molecule has 2 amide bonds. The number of thiazole rings is 1. The number of hydrazine groups is 1. The highest BCUT2D eigenvalue weighted by atomic mass is 32.1.